The smallest absolute Gasteiger partial charge is 0.322 e. The summed E-state index contributed by atoms with van der Waals surface area (Å²) in [5, 5.41) is 4.69. The van der Waals surface area contributed by atoms with Crippen LogP contribution in [0.5, 0.6) is 5.75 Å². The zero-order chi connectivity index (χ0) is 18.1. The van der Waals surface area contributed by atoms with Crippen molar-refractivity contribution in [1.29, 1.82) is 0 Å². The van der Waals surface area contributed by atoms with Crippen LogP contribution in [-0.4, -0.2) is 31.3 Å². The molecule has 1 aliphatic carbocycles. The van der Waals surface area contributed by atoms with Crippen LogP contribution in [0.1, 0.15) is 11.1 Å². The van der Waals surface area contributed by atoms with E-state index in [2.05, 4.69) is 10.6 Å². The summed E-state index contributed by atoms with van der Waals surface area (Å²) in [7, 11) is 0. The van der Waals surface area contributed by atoms with E-state index in [-0.39, 0.29) is 23.0 Å². The molecule has 2 heterocycles. The number of fused-ring (bicyclic) bond motifs is 5. The number of amides is 3. The van der Waals surface area contributed by atoms with E-state index in [0.717, 1.165) is 6.07 Å². The predicted molar refractivity (Wildman–Crippen MR) is 84.5 cm³/mol. The van der Waals surface area contributed by atoms with Gasteiger partial charge in [-0.2, -0.15) is 0 Å². The van der Waals surface area contributed by atoms with Crippen molar-refractivity contribution in [2.75, 3.05) is 13.2 Å². The number of carbonyl (C=O) groups excluding carboxylic acids is 2. The number of rotatable bonds is 2. The summed E-state index contributed by atoms with van der Waals surface area (Å²) in [6.07, 6.45) is -0.236. The van der Waals surface area contributed by atoms with Gasteiger partial charge in [-0.05, 0) is 35.4 Å². The molecule has 1 atom stereocenters. The van der Waals surface area contributed by atoms with Crippen LogP contribution in [0.3, 0.4) is 0 Å². The number of hydrogen-bond acceptors (Lipinski definition) is 4. The molecule has 1 unspecified atom stereocenters. The first-order valence-electron chi connectivity index (χ1n) is 8.01. The van der Waals surface area contributed by atoms with Crippen molar-refractivity contribution >= 4 is 11.9 Å². The maximum absolute atomic E-state index is 14.6. The number of carbonyl (C=O) groups is 2. The molecular weight excluding hydrogens is 346 g/mol. The standard InChI is InChI=1S/C18H12F2N2O4/c19-8-1-2-10-11-4-15(26-9-6-25-7-9)14(20)5-13(11)18(12(10)3-8)16(23)21-17(24)22-18/h1-5,9H,6-7H2,(H2,21,22,23,24). The van der Waals surface area contributed by atoms with Crippen molar-refractivity contribution in [3.8, 4) is 16.9 Å². The van der Waals surface area contributed by atoms with Gasteiger partial charge in [-0.1, -0.05) is 6.07 Å². The highest BCUT2D eigenvalue weighted by Gasteiger charge is 2.55. The van der Waals surface area contributed by atoms with Gasteiger partial charge in [0.1, 0.15) is 11.9 Å². The number of ether oxygens (including phenoxy) is 2. The summed E-state index contributed by atoms with van der Waals surface area (Å²) in [5.74, 6) is -1.88. The molecule has 0 bridgehead atoms. The Kier molecular flexibility index (Phi) is 2.94. The normalized spacial score (nSPS) is 23.3. The van der Waals surface area contributed by atoms with Crippen LogP contribution in [0, 0.1) is 11.6 Å². The molecule has 26 heavy (non-hydrogen) atoms. The van der Waals surface area contributed by atoms with Gasteiger partial charge >= 0.3 is 6.03 Å². The quantitative estimate of drug-likeness (QED) is 0.803. The van der Waals surface area contributed by atoms with E-state index in [4.69, 9.17) is 9.47 Å². The van der Waals surface area contributed by atoms with Crippen LogP contribution < -0.4 is 15.4 Å². The van der Waals surface area contributed by atoms with Gasteiger partial charge in [0.2, 0.25) is 0 Å². The van der Waals surface area contributed by atoms with Gasteiger partial charge < -0.3 is 14.8 Å². The zero-order valence-corrected chi connectivity index (χ0v) is 13.3. The molecule has 8 heteroatoms. The molecule has 2 fully saturated rings. The summed E-state index contributed by atoms with van der Waals surface area (Å²) in [6, 6.07) is 5.85. The Hall–Kier alpha value is -3.00. The molecule has 2 N–H and O–H groups in total. The average molecular weight is 358 g/mol. The predicted octanol–water partition coefficient (Wildman–Crippen LogP) is 1.81. The van der Waals surface area contributed by atoms with Gasteiger partial charge in [0.25, 0.3) is 5.91 Å². The highest BCUT2D eigenvalue weighted by atomic mass is 19.1. The molecule has 5 rings (SSSR count). The largest absolute Gasteiger partial charge is 0.483 e. The lowest BCUT2D eigenvalue weighted by molar-refractivity contribution is -0.122. The van der Waals surface area contributed by atoms with E-state index in [0.29, 0.717) is 24.3 Å². The number of imide groups is 1. The first kappa shape index (κ1) is 15.3. The van der Waals surface area contributed by atoms with E-state index in [1.165, 1.54) is 24.3 Å². The van der Waals surface area contributed by atoms with Crippen molar-refractivity contribution < 1.29 is 27.8 Å². The minimum atomic E-state index is -1.65. The molecule has 6 nitrogen and oxygen atoms in total. The molecule has 2 aliphatic heterocycles. The summed E-state index contributed by atoms with van der Waals surface area (Å²) in [5.41, 5.74) is -0.0963. The Morgan fingerprint density at radius 2 is 1.85 bits per heavy atom. The van der Waals surface area contributed by atoms with E-state index in [9.17, 15) is 18.4 Å². The number of nitrogens with one attached hydrogen (secondary N) is 2. The monoisotopic (exact) mass is 358 g/mol. The van der Waals surface area contributed by atoms with Crippen LogP contribution in [0.2, 0.25) is 0 Å². The minimum absolute atomic E-state index is 0.0223. The van der Waals surface area contributed by atoms with E-state index < -0.39 is 29.1 Å². The molecule has 2 aromatic rings. The second-order valence-electron chi connectivity index (χ2n) is 6.45. The van der Waals surface area contributed by atoms with Crippen molar-refractivity contribution in [3.05, 3.63) is 53.1 Å². The fraction of sp³-hybridized carbons (Fsp3) is 0.222. The second-order valence-corrected chi connectivity index (χ2v) is 6.45. The fourth-order valence-corrected chi connectivity index (χ4v) is 3.68. The Morgan fingerprint density at radius 1 is 1.08 bits per heavy atom. The molecule has 0 radical (unpaired) electrons. The molecule has 132 valence electrons. The molecule has 3 aliphatic rings. The Balaban J connectivity index is 1.74. The molecular formula is C18H12F2N2O4. The topological polar surface area (TPSA) is 76.7 Å². The molecule has 0 aromatic heterocycles. The second kappa shape index (κ2) is 5.01. The van der Waals surface area contributed by atoms with Gasteiger partial charge in [0, 0.05) is 11.1 Å². The average Bonchev–Trinajstić information content (AvgIpc) is 2.99. The lowest BCUT2D eigenvalue weighted by Gasteiger charge is -2.27. The molecule has 0 saturated carbocycles. The van der Waals surface area contributed by atoms with E-state index in [1.54, 1.807) is 0 Å². The summed E-state index contributed by atoms with van der Waals surface area (Å²) < 4.78 is 39.1. The van der Waals surface area contributed by atoms with Gasteiger partial charge in [0.15, 0.2) is 17.1 Å². The Morgan fingerprint density at radius 3 is 2.50 bits per heavy atom. The van der Waals surface area contributed by atoms with Crippen molar-refractivity contribution in [1.82, 2.24) is 10.6 Å². The minimum Gasteiger partial charge on any atom is -0.483 e. The number of halogens is 2. The van der Waals surface area contributed by atoms with E-state index >= 15 is 0 Å². The number of urea groups is 1. The van der Waals surface area contributed by atoms with Crippen LogP contribution in [0.15, 0.2) is 30.3 Å². The van der Waals surface area contributed by atoms with Crippen LogP contribution in [0.4, 0.5) is 13.6 Å². The summed E-state index contributed by atoms with van der Waals surface area (Å²) >= 11 is 0. The fourth-order valence-electron chi connectivity index (χ4n) is 3.68. The number of hydrogen-bond donors (Lipinski definition) is 2. The van der Waals surface area contributed by atoms with Gasteiger partial charge in [-0.3, -0.25) is 10.1 Å². The molecule has 1 spiro atoms. The Bertz CT molecular complexity index is 989. The van der Waals surface area contributed by atoms with Crippen LogP contribution >= 0.6 is 0 Å². The maximum atomic E-state index is 14.6. The molecule has 3 amide bonds. The van der Waals surface area contributed by atoms with Crippen LogP contribution in [-0.2, 0) is 15.1 Å². The van der Waals surface area contributed by atoms with Crippen molar-refractivity contribution in [2.45, 2.75) is 11.6 Å². The lowest BCUT2D eigenvalue weighted by atomic mass is 9.87. The van der Waals surface area contributed by atoms with Crippen molar-refractivity contribution in [2.24, 2.45) is 0 Å². The third kappa shape index (κ3) is 1.87. The first-order chi connectivity index (χ1) is 12.5. The maximum Gasteiger partial charge on any atom is 0.322 e. The highest BCUT2D eigenvalue weighted by Crippen LogP contribution is 2.50. The number of benzene rings is 2. The van der Waals surface area contributed by atoms with Crippen molar-refractivity contribution in [3.63, 3.8) is 0 Å². The lowest BCUT2D eigenvalue weighted by Crippen LogP contribution is -2.43. The third-order valence-electron chi connectivity index (χ3n) is 4.92. The van der Waals surface area contributed by atoms with Gasteiger partial charge in [-0.25, -0.2) is 13.6 Å². The van der Waals surface area contributed by atoms with E-state index in [1.807, 2.05) is 0 Å². The first-order valence-corrected chi connectivity index (χ1v) is 8.01. The van der Waals surface area contributed by atoms with Gasteiger partial charge in [-0.15, -0.1) is 0 Å². The third-order valence-corrected chi connectivity index (χ3v) is 4.92. The Labute approximate surface area is 146 Å². The SMILES string of the molecule is O=C1NC(=O)C2(N1)c1cc(F)ccc1-c1cc(OC3COC3)c(F)cc12. The summed E-state index contributed by atoms with van der Waals surface area (Å²) in [4.78, 5) is 24.4. The highest BCUT2D eigenvalue weighted by molar-refractivity contribution is 6.13. The molecule has 2 aromatic carbocycles. The van der Waals surface area contributed by atoms with Gasteiger partial charge in [0.05, 0.1) is 13.2 Å². The zero-order valence-electron chi connectivity index (χ0n) is 13.3. The summed E-state index contributed by atoms with van der Waals surface area (Å²) in [6.45, 7) is 0.751. The molecule has 2 saturated heterocycles. The van der Waals surface area contributed by atoms with Crippen LogP contribution in [0.25, 0.3) is 11.1 Å².